The van der Waals surface area contributed by atoms with Gasteiger partial charge in [-0.05, 0) is 41.2 Å². The van der Waals surface area contributed by atoms with Crippen LogP contribution < -0.4 is 0 Å². The van der Waals surface area contributed by atoms with Gasteiger partial charge >= 0.3 is 0 Å². The van der Waals surface area contributed by atoms with Crippen LogP contribution >= 0.6 is 0 Å². The molecule has 1 N–H and O–H groups in total. The fourth-order valence-corrected chi connectivity index (χ4v) is 7.60. The molecule has 2 nitrogen and oxygen atoms in total. The van der Waals surface area contributed by atoms with Gasteiger partial charge in [-0.2, -0.15) is 0 Å². The zero-order valence-electron chi connectivity index (χ0n) is 17.0. The molecule has 1 aromatic heterocycles. The predicted octanol–water partition coefficient (Wildman–Crippen LogP) is 6.29. The molecule has 1 unspecified atom stereocenters. The van der Waals surface area contributed by atoms with E-state index >= 15 is 0 Å². The number of aromatic amines is 1. The average molecular weight is 385 g/mol. The first kappa shape index (κ1) is 17.6. The molecular weight excluding hydrogens is 356 g/mol. The number of hydrogen-bond acceptors (Lipinski definition) is 1. The summed E-state index contributed by atoms with van der Waals surface area (Å²) < 4.78 is 0. The number of para-hydroxylation sites is 1. The average Bonchev–Trinajstić information content (AvgIpc) is 3.05. The Morgan fingerprint density at radius 1 is 1.11 bits per heavy atom. The van der Waals surface area contributed by atoms with Crippen molar-refractivity contribution < 1.29 is 0 Å². The molecule has 0 aliphatic carbocycles. The van der Waals surface area contributed by atoms with E-state index in [1.165, 1.54) is 38.9 Å². The van der Waals surface area contributed by atoms with Crippen molar-refractivity contribution in [1.29, 1.82) is 0 Å². The molecule has 0 saturated heterocycles. The van der Waals surface area contributed by atoms with Crippen molar-refractivity contribution in [2.45, 2.75) is 38.5 Å². The van der Waals surface area contributed by atoms with Crippen molar-refractivity contribution >= 4 is 24.5 Å². The Balaban J connectivity index is 1.82. The lowest BCUT2D eigenvalue weighted by molar-refractivity contribution is 0.280. The molecule has 0 fully saturated rings. The van der Waals surface area contributed by atoms with E-state index in [0.717, 1.165) is 19.4 Å². The van der Waals surface area contributed by atoms with E-state index in [0.29, 0.717) is 6.04 Å². The summed E-state index contributed by atoms with van der Waals surface area (Å²) in [6, 6.07) is 18.1. The minimum Gasteiger partial charge on any atom is -0.365 e. The second kappa shape index (κ2) is 6.25. The molecule has 2 aliphatic heterocycles. The zero-order chi connectivity index (χ0) is 19.5. The Bertz CT molecular complexity index is 1110. The largest absolute Gasteiger partial charge is 0.365 e. The Morgan fingerprint density at radius 3 is 2.64 bits per heavy atom. The minimum absolute atomic E-state index is 0.294. The van der Waals surface area contributed by atoms with E-state index < -0.39 is 8.07 Å². The summed E-state index contributed by atoms with van der Waals surface area (Å²) >= 11 is 0. The van der Waals surface area contributed by atoms with Crippen molar-refractivity contribution in [3.63, 3.8) is 0 Å². The molecule has 0 amide bonds. The summed E-state index contributed by atoms with van der Waals surface area (Å²) in [6.07, 6.45) is 4.12. The summed E-state index contributed by atoms with van der Waals surface area (Å²) in [6.45, 7) is 12.6. The van der Waals surface area contributed by atoms with E-state index in [-0.39, 0.29) is 0 Å². The number of nitrogens with zero attached hydrogens (tertiary/aromatic N) is 1. The maximum Gasteiger partial charge on any atom is 0.0984 e. The monoisotopic (exact) mass is 384 g/mol. The fourth-order valence-electron chi connectivity index (χ4n) is 5.35. The van der Waals surface area contributed by atoms with Crippen LogP contribution in [0.3, 0.4) is 0 Å². The van der Waals surface area contributed by atoms with Crippen LogP contribution in [0.5, 0.6) is 0 Å². The van der Waals surface area contributed by atoms with Crippen LogP contribution in [0.2, 0.25) is 19.6 Å². The predicted molar refractivity (Wildman–Crippen MR) is 122 cm³/mol. The van der Waals surface area contributed by atoms with Crippen LogP contribution in [0.15, 0.2) is 66.5 Å². The molecule has 2 aromatic carbocycles. The van der Waals surface area contributed by atoms with Gasteiger partial charge in [0.1, 0.15) is 0 Å². The third-order valence-corrected chi connectivity index (χ3v) is 8.26. The number of nitrogens with one attached hydrogen (secondary N) is 1. The summed E-state index contributed by atoms with van der Waals surface area (Å²) in [5.41, 5.74) is 8.53. The van der Waals surface area contributed by atoms with E-state index in [1.54, 1.807) is 5.32 Å². The Kier molecular flexibility index (Phi) is 3.92. The van der Waals surface area contributed by atoms with Crippen LogP contribution in [-0.2, 0) is 6.42 Å². The quantitative estimate of drug-likeness (QED) is 0.415. The molecule has 3 heteroatoms. The molecule has 0 saturated carbocycles. The highest BCUT2D eigenvalue weighted by molar-refractivity contribution is 6.83. The molecule has 1 atom stereocenters. The van der Waals surface area contributed by atoms with Crippen LogP contribution in [-0.4, -0.2) is 24.5 Å². The second-order valence-electron chi connectivity index (χ2n) is 9.07. The van der Waals surface area contributed by atoms with Crippen LogP contribution in [0, 0.1) is 0 Å². The molecule has 142 valence electrons. The van der Waals surface area contributed by atoms with E-state index in [2.05, 4.69) is 90.7 Å². The third kappa shape index (κ3) is 2.46. The summed E-state index contributed by atoms with van der Waals surface area (Å²) in [5.74, 6) is 0. The van der Waals surface area contributed by atoms with Gasteiger partial charge in [0, 0.05) is 28.5 Å². The molecule has 3 heterocycles. The van der Waals surface area contributed by atoms with Gasteiger partial charge < -0.3 is 9.88 Å². The van der Waals surface area contributed by atoms with Crippen molar-refractivity contribution in [2.75, 3.05) is 6.54 Å². The lowest BCUT2D eigenvalue weighted by Gasteiger charge is -2.48. The molecule has 28 heavy (non-hydrogen) atoms. The molecule has 5 rings (SSSR count). The number of aromatic nitrogens is 1. The highest BCUT2D eigenvalue weighted by Crippen LogP contribution is 2.49. The fraction of sp³-hybridized carbons (Fsp3) is 0.280. The first-order chi connectivity index (χ1) is 13.5. The van der Waals surface area contributed by atoms with Crippen molar-refractivity contribution in [2.24, 2.45) is 0 Å². The molecule has 2 aliphatic rings. The Labute approximate surface area is 168 Å². The van der Waals surface area contributed by atoms with Gasteiger partial charge in [-0.25, -0.2) is 0 Å². The van der Waals surface area contributed by atoms with Crippen LogP contribution in [0.25, 0.3) is 16.5 Å². The molecule has 3 aromatic rings. The summed E-state index contributed by atoms with van der Waals surface area (Å²) in [5, 5.41) is 3.01. The first-order valence-electron chi connectivity index (χ1n) is 10.3. The van der Waals surface area contributed by atoms with Gasteiger partial charge in [0.15, 0.2) is 0 Å². The van der Waals surface area contributed by atoms with E-state index in [9.17, 15) is 0 Å². The van der Waals surface area contributed by atoms with Crippen molar-refractivity contribution in [3.05, 3.63) is 88.9 Å². The molecule has 0 radical (unpaired) electrons. The lowest BCUT2D eigenvalue weighted by Crippen LogP contribution is -2.46. The molecular formula is C25H28N2Si. The highest BCUT2D eigenvalue weighted by Gasteiger charge is 2.42. The normalized spacial score (nSPS) is 18.7. The van der Waals surface area contributed by atoms with E-state index in [1.807, 2.05) is 0 Å². The Morgan fingerprint density at radius 2 is 1.86 bits per heavy atom. The van der Waals surface area contributed by atoms with Crippen molar-refractivity contribution in [3.8, 4) is 0 Å². The van der Waals surface area contributed by atoms with Gasteiger partial charge in [-0.1, -0.05) is 68.2 Å². The highest BCUT2D eigenvalue weighted by atomic mass is 28.3. The number of fused-ring (bicyclic) bond motifs is 7. The number of H-pyrrole nitrogens is 1. The van der Waals surface area contributed by atoms with Crippen LogP contribution in [0.4, 0.5) is 0 Å². The van der Waals surface area contributed by atoms with Gasteiger partial charge in [-0.3, -0.25) is 0 Å². The molecule has 0 spiro atoms. The van der Waals surface area contributed by atoms with Crippen LogP contribution in [0.1, 0.15) is 34.8 Å². The summed E-state index contributed by atoms with van der Waals surface area (Å²) in [4.78, 5) is 6.53. The Hall–Kier alpha value is -2.52. The number of allylic oxidation sites excluding steroid dienone is 2. The number of hydrogen-bond donors (Lipinski definition) is 1. The second-order valence-corrected chi connectivity index (χ2v) is 14.0. The number of benzene rings is 2. The van der Waals surface area contributed by atoms with Crippen molar-refractivity contribution in [1.82, 2.24) is 9.88 Å². The maximum atomic E-state index is 4.07. The number of rotatable bonds is 3. The minimum atomic E-state index is -1.55. The maximum absolute atomic E-state index is 4.07. The topological polar surface area (TPSA) is 19.0 Å². The van der Waals surface area contributed by atoms with Gasteiger partial charge in [0.05, 0.1) is 14.1 Å². The van der Waals surface area contributed by atoms with Gasteiger partial charge in [0.25, 0.3) is 0 Å². The standard InChI is InChI=1S/C25H28N2Si/c1-5-10-21-17-11-6-7-13-20(17)24-23-19(18-12-8-9-14-22(18)26-23)15-16-27(24)25(21)28(2,3)4/h5-9,11-14,24,26H,1,10,15-16H2,2-4H3. The molecule has 0 bridgehead atoms. The summed E-state index contributed by atoms with van der Waals surface area (Å²) in [7, 11) is -1.55. The first-order valence-corrected chi connectivity index (χ1v) is 13.8. The smallest absolute Gasteiger partial charge is 0.0984 e. The lowest BCUT2D eigenvalue weighted by atomic mass is 9.84. The van der Waals surface area contributed by atoms with Gasteiger partial charge in [0.2, 0.25) is 0 Å². The van der Waals surface area contributed by atoms with E-state index in [4.69, 9.17) is 0 Å². The third-order valence-electron chi connectivity index (χ3n) is 6.25. The zero-order valence-corrected chi connectivity index (χ0v) is 18.0. The SMILES string of the molecule is C=CCC1=C([Si](C)(C)C)N2CCc3c([nH]c4ccccc34)C2c2ccccc21. The van der Waals surface area contributed by atoms with Gasteiger partial charge in [-0.15, -0.1) is 6.58 Å².